The summed E-state index contributed by atoms with van der Waals surface area (Å²) in [4.78, 5) is 55.4. The molecule has 13 heteroatoms. The van der Waals surface area contributed by atoms with Gasteiger partial charge in [-0.2, -0.15) is 0 Å². The van der Waals surface area contributed by atoms with Gasteiger partial charge in [-0.3, -0.25) is 9.59 Å². The highest BCUT2D eigenvalue weighted by Gasteiger charge is 2.53. The van der Waals surface area contributed by atoms with Crippen LogP contribution >= 0.6 is 0 Å². The number of carbonyl (C=O) groups is 4. The van der Waals surface area contributed by atoms with Crippen LogP contribution in [0.2, 0.25) is 0 Å². The number of amides is 3. The van der Waals surface area contributed by atoms with Crippen molar-refractivity contribution in [3.63, 3.8) is 0 Å². The first-order valence-corrected chi connectivity index (χ1v) is 18.7. The topological polar surface area (TPSA) is 146 Å². The van der Waals surface area contributed by atoms with Crippen molar-refractivity contribution in [2.75, 3.05) is 39.4 Å². The van der Waals surface area contributed by atoms with Crippen LogP contribution in [0.5, 0.6) is 0 Å². The monoisotopic (exact) mass is 729 g/mol. The van der Waals surface area contributed by atoms with E-state index in [0.29, 0.717) is 55.3 Å². The van der Waals surface area contributed by atoms with E-state index in [1.807, 2.05) is 0 Å². The summed E-state index contributed by atoms with van der Waals surface area (Å²) in [5.74, 6) is -1.57. The van der Waals surface area contributed by atoms with Gasteiger partial charge in [-0.15, -0.1) is 0 Å². The number of alkyl halides is 1. The number of rotatable bonds is 12. The largest absolute Gasteiger partial charge is 0.457 e. The summed E-state index contributed by atoms with van der Waals surface area (Å²) in [7, 11) is 3.25. The van der Waals surface area contributed by atoms with Crippen molar-refractivity contribution >= 4 is 40.5 Å². The Morgan fingerprint density at radius 1 is 1.02 bits per heavy atom. The molecule has 3 amide bonds. The van der Waals surface area contributed by atoms with Gasteiger partial charge >= 0.3 is 12.1 Å². The second kappa shape index (κ2) is 17.0. The normalized spacial score (nSPS) is 24.6. The van der Waals surface area contributed by atoms with Gasteiger partial charge in [0.05, 0.1) is 17.7 Å². The zero-order chi connectivity index (χ0) is 37.6. The van der Waals surface area contributed by atoms with Crippen LogP contribution in [0.25, 0.3) is 11.0 Å². The zero-order valence-electron chi connectivity index (χ0n) is 31.5. The number of ether oxygens (including phenoxy) is 4. The molecule has 12 nitrogen and oxygen atoms in total. The van der Waals surface area contributed by atoms with Crippen molar-refractivity contribution in [3.05, 3.63) is 30.0 Å². The second-order valence-electron chi connectivity index (χ2n) is 15.7. The lowest BCUT2D eigenvalue weighted by atomic mass is 9.72. The number of benzene rings is 1. The average Bonchev–Trinajstić information content (AvgIpc) is 3.77. The Balaban J connectivity index is 1.30. The molecule has 288 valence electrons. The number of anilines is 1. The number of alkyl carbamates (subject to hydrolysis) is 1. The maximum absolute atomic E-state index is 14.4. The molecule has 2 aromatic rings. The van der Waals surface area contributed by atoms with Crippen LogP contribution in [-0.2, 0) is 28.5 Å². The molecule has 2 saturated carbocycles. The predicted molar refractivity (Wildman–Crippen MR) is 193 cm³/mol. The number of methoxy groups -OCH3 is 2. The van der Waals surface area contributed by atoms with Gasteiger partial charge in [0.25, 0.3) is 0 Å². The molecule has 2 N–H and O–H groups in total. The summed E-state index contributed by atoms with van der Waals surface area (Å²) in [6, 6.07) is 5.28. The lowest BCUT2D eigenvalue weighted by molar-refractivity contribution is -0.146. The molecule has 1 saturated heterocycles. The number of esters is 1. The summed E-state index contributed by atoms with van der Waals surface area (Å²) in [5, 5.41) is 6.37. The molecule has 3 fully saturated rings. The molecule has 0 unspecified atom stereocenters. The Morgan fingerprint density at radius 3 is 2.37 bits per heavy atom. The van der Waals surface area contributed by atoms with E-state index in [1.54, 1.807) is 64.0 Å². The first-order valence-electron chi connectivity index (χ1n) is 18.7. The Hall–Kier alpha value is -3.71. The SMILES string of the molecule is CO[C@H](C)COC(=O)c1cc2cc(NC(=O)[C@H]3[C@H](C4(OC)CCCCC4)CCN3C(=O)[C@H]3CC[C@H]([C@@H](CF)NC(=O)OC(C)(C)C)CC3)ccc2o1. The second-order valence-corrected chi connectivity index (χ2v) is 15.7. The van der Waals surface area contributed by atoms with Crippen LogP contribution in [0, 0.1) is 17.8 Å². The number of likely N-dealkylation sites (tertiary alicyclic amines) is 1. The van der Waals surface area contributed by atoms with Gasteiger partial charge in [0.1, 0.15) is 30.5 Å². The number of fused-ring (bicyclic) bond motifs is 1. The molecule has 1 aromatic heterocycles. The number of halogens is 1. The highest BCUT2D eigenvalue weighted by atomic mass is 19.1. The minimum atomic E-state index is -0.746. The van der Waals surface area contributed by atoms with Gasteiger partial charge in [0.2, 0.25) is 17.6 Å². The van der Waals surface area contributed by atoms with Crippen molar-refractivity contribution < 1.29 is 46.9 Å². The maximum atomic E-state index is 14.4. The number of hydrogen-bond donors (Lipinski definition) is 2. The molecular weight excluding hydrogens is 673 g/mol. The molecule has 4 atom stereocenters. The fourth-order valence-corrected chi connectivity index (χ4v) is 8.31. The molecule has 2 heterocycles. The fourth-order valence-electron chi connectivity index (χ4n) is 8.31. The third kappa shape index (κ3) is 9.25. The number of nitrogens with one attached hydrogen (secondary N) is 2. The summed E-state index contributed by atoms with van der Waals surface area (Å²) in [6.07, 6.45) is 6.69. The van der Waals surface area contributed by atoms with Gasteiger partial charge in [-0.05, 0) is 103 Å². The Bertz CT molecular complexity index is 1560. The average molecular weight is 730 g/mol. The molecule has 3 aliphatic rings. The van der Waals surface area contributed by atoms with Crippen molar-refractivity contribution in [2.24, 2.45) is 17.8 Å². The van der Waals surface area contributed by atoms with E-state index in [4.69, 9.17) is 23.4 Å². The number of furan rings is 1. The van der Waals surface area contributed by atoms with Crippen molar-refractivity contribution in [2.45, 2.75) is 121 Å². The number of carbonyl (C=O) groups excluding carboxylic acids is 4. The van der Waals surface area contributed by atoms with Gasteiger partial charge < -0.3 is 38.9 Å². The predicted octanol–water partition coefficient (Wildman–Crippen LogP) is 6.80. The van der Waals surface area contributed by atoms with Crippen LogP contribution in [0.15, 0.2) is 28.7 Å². The van der Waals surface area contributed by atoms with Crippen LogP contribution in [0.4, 0.5) is 14.9 Å². The van der Waals surface area contributed by atoms with Crippen LogP contribution in [0.3, 0.4) is 0 Å². The van der Waals surface area contributed by atoms with Gasteiger partial charge in [0.15, 0.2) is 0 Å². The third-order valence-electron chi connectivity index (χ3n) is 11.1. The summed E-state index contributed by atoms with van der Waals surface area (Å²) >= 11 is 0. The zero-order valence-corrected chi connectivity index (χ0v) is 31.5. The smallest absolute Gasteiger partial charge is 0.407 e. The fraction of sp³-hybridized carbons (Fsp3) is 0.692. The van der Waals surface area contributed by atoms with Crippen molar-refractivity contribution in [1.29, 1.82) is 0 Å². The van der Waals surface area contributed by atoms with Gasteiger partial charge in [0, 0.05) is 43.7 Å². The molecule has 1 aromatic carbocycles. The lowest BCUT2D eigenvalue weighted by Crippen LogP contribution is -2.55. The number of nitrogens with zero attached hydrogens (tertiary/aromatic N) is 1. The van der Waals surface area contributed by atoms with E-state index in [0.717, 1.165) is 32.1 Å². The molecule has 1 aliphatic heterocycles. The van der Waals surface area contributed by atoms with Gasteiger partial charge in [-0.1, -0.05) is 19.3 Å². The first-order chi connectivity index (χ1) is 24.8. The minimum absolute atomic E-state index is 0.0434. The Labute approximate surface area is 305 Å². The van der Waals surface area contributed by atoms with E-state index >= 15 is 0 Å². The van der Waals surface area contributed by atoms with E-state index in [1.165, 1.54) is 7.11 Å². The van der Waals surface area contributed by atoms with Crippen molar-refractivity contribution in [1.82, 2.24) is 10.2 Å². The molecule has 52 heavy (non-hydrogen) atoms. The molecular formula is C39H56FN3O9. The quantitative estimate of drug-likeness (QED) is 0.225. The summed E-state index contributed by atoms with van der Waals surface area (Å²) < 4.78 is 41.8. The molecule has 0 spiro atoms. The minimum Gasteiger partial charge on any atom is -0.457 e. The lowest BCUT2D eigenvalue weighted by Gasteiger charge is -2.44. The molecule has 0 bridgehead atoms. The summed E-state index contributed by atoms with van der Waals surface area (Å²) in [5.41, 5.74) is -0.236. The van der Waals surface area contributed by atoms with Crippen LogP contribution in [0.1, 0.15) is 102 Å². The third-order valence-corrected chi connectivity index (χ3v) is 11.1. The van der Waals surface area contributed by atoms with E-state index in [-0.39, 0.29) is 48.0 Å². The highest BCUT2D eigenvalue weighted by molar-refractivity contribution is 6.00. The van der Waals surface area contributed by atoms with Crippen molar-refractivity contribution in [3.8, 4) is 0 Å². The van der Waals surface area contributed by atoms with Crippen LogP contribution < -0.4 is 10.6 Å². The van der Waals surface area contributed by atoms with Crippen LogP contribution in [-0.4, -0.2) is 92.2 Å². The molecule has 5 rings (SSSR count). The first kappa shape index (κ1) is 39.5. The molecule has 0 radical (unpaired) electrons. The Kier molecular flexibility index (Phi) is 12.9. The van der Waals surface area contributed by atoms with E-state index < -0.39 is 42.0 Å². The maximum Gasteiger partial charge on any atom is 0.407 e. The highest BCUT2D eigenvalue weighted by Crippen LogP contribution is 2.46. The standard InChI is InChI=1S/C39H56FN3O9/c1-24(48-5)23-50-36(46)32-21-27-20-28(14-15-31(27)51-32)41-34(44)33-29(39(49-6)17-8-7-9-18-39)16-19-43(33)35(45)26-12-10-25(11-13-26)30(22-40)42-37(47)52-38(2,3)4/h14-15,20-21,24-26,29-30,33H,7-13,16-19,22-23H2,1-6H3,(H,41,44)(H,42,47)/t24-,25-,26-,29-,30-,33-/m1/s1. The molecule has 2 aliphatic carbocycles. The Morgan fingerprint density at radius 2 is 1.73 bits per heavy atom. The summed E-state index contributed by atoms with van der Waals surface area (Å²) in [6.45, 7) is 6.86. The van der Waals surface area contributed by atoms with Gasteiger partial charge in [-0.25, -0.2) is 14.0 Å². The number of hydrogen-bond acceptors (Lipinski definition) is 9. The van der Waals surface area contributed by atoms with E-state index in [9.17, 15) is 23.6 Å². The van der Waals surface area contributed by atoms with E-state index in [2.05, 4.69) is 10.6 Å².